The fourth-order valence-corrected chi connectivity index (χ4v) is 1.46. The molecule has 0 bridgehead atoms. The maximum Gasteiger partial charge on any atom is 0.411 e. The van der Waals surface area contributed by atoms with Gasteiger partial charge in [0.15, 0.2) is 0 Å². The number of rotatable bonds is 4. The fourth-order valence-electron chi connectivity index (χ4n) is 0.742. The molecular formula is C7H8F3NO2S. The van der Waals surface area contributed by atoms with Crippen molar-refractivity contribution in [2.45, 2.75) is 19.4 Å². The molecule has 1 aromatic heterocycles. The summed E-state index contributed by atoms with van der Waals surface area (Å²) in [4.78, 5) is 3.82. The smallest absolute Gasteiger partial charge is 0.390 e. The molecule has 0 aliphatic rings. The zero-order chi connectivity index (χ0) is 10.6. The Morgan fingerprint density at radius 3 is 2.71 bits per heavy atom. The van der Waals surface area contributed by atoms with E-state index in [1.54, 1.807) is 5.38 Å². The molecule has 0 spiro atoms. The van der Waals surface area contributed by atoms with E-state index in [9.17, 15) is 13.2 Å². The van der Waals surface area contributed by atoms with E-state index in [-0.39, 0.29) is 13.2 Å². The van der Waals surface area contributed by atoms with Crippen LogP contribution in [0.3, 0.4) is 0 Å². The average molecular weight is 227 g/mol. The molecule has 0 atom stereocenters. The lowest BCUT2D eigenvalue weighted by Crippen LogP contribution is -2.16. The van der Waals surface area contributed by atoms with E-state index in [0.29, 0.717) is 10.7 Å². The van der Waals surface area contributed by atoms with Crippen molar-refractivity contribution in [1.29, 1.82) is 0 Å². The summed E-state index contributed by atoms with van der Waals surface area (Å²) in [5.74, 6) is 0. The first-order chi connectivity index (χ1) is 6.51. The first kappa shape index (κ1) is 11.4. The number of nitrogens with zero attached hydrogens (tertiary/aromatic N) is 1. The zero-order valence-corrected chi connectivity index (χ0v) is 7.86. The molecule has 0 saturated carbocycles. The summed E-state index contributed by atoms with van der Waals surface area (Å²) in [5, 5.41) is 10.6. The lowest BCUT2D eigenvalue weighted by atomic mass is 10.5. The first-order valence-corrected chi connectivity index (χ1v) is 4.58. The van der Waals surface area contributed by atoms with Crippen molar-refractivity contribution in [3.63, 3.8) is 0 Å². The van der Waals surface area contributed by atoms with Crippen LogP contribution in [-0.2, 0) is 18.0 Å². The second kappa shape index (κ2) is 4.72. The van der Waals surface area contributed by atoms with Crippen molar-refractivity contribution in [1.82, 2.24) is 4.98 Å². The molecule has 0 aliphatic carbocycles. The topological polar surface area (TPSA) is 42.4 Å². The number of aliphatic hydroxyl groups is 1. The Balaban J connectivity index is 2.31. The SMILES string of the molecule is OCc1csc(COCC(F)(F)F)n1. The second-order valence-electron chi connectivity index (χ2n) is 2.50. The van der Waals surface area contributed by atoms with Crippen LogP contribution in [0.4, 0.5) is 13.2 Å². The highest BCUT2D eigenvalue weighted by atomic mass is 32.1. The van der Waals surface area contributed by atoms with Gasteiger partial charge in [-0.15, -0.1) is 11.3 Å². The van der Waals surface area contributed by atoms with E-state index < -0.39 is 12.8 Å². The van der Waals surface area contributed by atoms with Gasteiger partial charge in [-0.3, -0.25) is 0 Å². The van der Waals surface area contributed by atoms with Gasteiger partial charge >= 0.3 is 6.18 Å². The van der Waals surface area contributed by atoms with Crippen molar-refractivity contribution < 1.29 is 23.0 Å². The van der Waals surface area contributed by atoms with Crippen molar-refractivity contribution >= 4 is 11.3 Å². The number of ether oxygens (including phenoxy) is 1. The Kier molecular flexibility index (Phi) is 3.85. The van der Waals surface area contributed by atoms with E-state index in [2.05, 4.69) is 9.72 Å². The van der Waals surface area contributed by atoms with Gasteiger partial charge in [0, 0.05) is 5.38 Å². The van der Waals surface area contributed by atoms with Gasteiger partial charge in [-0.25, -0.2) is 4.98 Å². The number of halogens is 3. The average Bonchev–Trinajstić information content (AvgIpc) is 2.50. The van der Waals surface area contributed by atoms with Gasteiger partial charge < -0.3 is 9.84 Å². The highest BCUT2D eigenvalue weighted by Gasteiger charge is 2.27. The molecule has 1 N–H and O–H groups in total. The quantitative estimate of drug-likeness (QED) is 0.851. The minimum atomic E-state index is -4.31. The molecule has 0 unspecified atom stereocenters. The van der Waals surface area contributed by atoms with Crippen LogP contribution in [0.2, 0.25) is 0 Å². The minimum Gasteiger partial charge on any atom is -0.390 e. The number of hydrogen-bond donors (Lipinski definition) is 1. The van der Waals surface area contributed by atoms with Crippen LogP contribution in [0.1, 0.15) is 10.7 Å². The zero-order valence-electron chi connectivity index (χ0n) is 7.04. The summed E-state index contributed by atoms with van der Waals surface area (Å²) < 4.78 is 39.3. The molecule has 1 rings (SSSR count). The third-order valence-electron chi connectivity index (χ3n) is 1.25. The van der Waals surface area contributed by atoms with Crippen molar-refractivity contribution in [3.05, 3.63) is 16.1 Å². The van der Waals surface area contributed by atoms with Gasteiger partial charge in [0.05, 0.1) is 18.9 Å². The van der Waals surface area contributed by atoms with Crippen LogP contribution >= 0.6 is 11.3 Å². The third kappa shape index (κ3) is 4.03. The Hall–Kier alpha value is -0.660. The van der Waals surface area contributed by atoms with Crippen molar-refractivity contribution in [2.24, 2.45) is 0 Å². The monoisotopic (exact) mass is 227 g/mol. The number of alkyl halides is 3. The van der Waals surface area contributed by atoms with E-state index >= 15 is 0 Å². The van der Waals surface area contributed by atoms with Crippen LogP contribution in [0.25, 0.3) is 0 Å². The van der Waals surface area contributed by atoms with E-state index in [1.807, 2.05) is 0 Å². The summed E-state index contributed by atoms with van der Waals surface area (Å²) >= 11 is 1.16. The molecule has 0 amide bonds. The lowest BCUT2D eigenvalue weighted by molar-refractivity contribution is -0.176. The summed E-state index contributed by atoms with van der Waals surface area (Å²) in [6.07, 6.45) is -4.31. The van der Waals surface area contributed by atoms with Crippen LogP contribution in [0.15, 0.2) is 5.38 Å². The molecule has 1 aromatic rings. The maximum atomic E-state index is 11.6. The molecule has 14 heavy (non-hydrogen) atoms. The van der Waals surface area contributed by atoms with Gasteiger partial charge in [-0.05, 0) is 0 Å². The van der Waals surface area contributed by atoms with Gasteiger partial charge in [-0.2, -0.15) is 13.2 Å². The Morgan fingerprint density at radius 2 is 2.21 bits per heavy atom. The number of thiazole rings is 1. The van der Waals surface area contributed by atoms with Gasteiger partial charge in [0.1, 0.15) is 11.6 Å². The number of hydrogen-bond acceptors (Lipinski definition) is 4. The Morgan fingerprint density at radius 1 is 1.50 bits per heavy atom. The number of aromatic nitrogens is 1. The van der Waals surface area contributed by atoms with Crippen LogP contribution in [0, 0.1) is 0 Å². The van der Waals surface area contributed by atoms with E-state index in [4.69, 9.17) is 5.11 Å². The summed E-state index contributed by atoms with van der Waals surface area (Å²) in [6.45, 7) is -1.67. The minimum absolute atomic E-state index is 0.176. The standard InChI is InChI=1S/C7H8F3NO2S/c8-7(9,10)4-13-2-6-11-5(1-12)3-14-6/h3,12H,1-2,4H2. The molecule has 0 aliphatic heterocycles. The highest BCUT2D eigenvalue weighted by molar-refractivity contribution is 7.09. The molecule has 1 heterocycles. The first-order valence-electron chi connectivity index (χ1n) is 3.70. The molecule has 0 aromatic carbocycles. The van der Waals surface area contributed by atoms with Crippen molar-refractivity contribution in [3.8, 4) is 0 Å². The predicted octanol–water partition coefficient (Wildman–Crippen LogP) is 1.71. The Labute approximate surface area is 82.2 Å². The summed E-state index contributed by atoms with van der Waals surface area (Å²) in [5.41, 5.74) is 0.445. The molecule has 3 nitrogen and oxygen atoms in total. The van der Waals surface area contributed by atoms with E-state index in [1.165, 1.54) is 0 Å². The van der Waals surface area contributed by atoms with Crippen LogP contribution < -0.4 is 0 Å². The maximum absolute atomic E-state index is 11.6. The molecule has 7 heteroatoms. The fraction of sp³-hybridized carbons (Fsp3) is 0.571. The molecular weight excluding hydrogens is 219 g/mol. The number of aliphatic hydroxyl groups excluding tert-OH is 1. The predicted molar refractivity (Wildman–Crippen MR) is 43.7 cm³/mol. The van der Waals surface area contributed by atoms with Gasteiger partial charge in [0.25, 0.3) is 0 Å². The molecule has 0 fully saturated rings. The summed E-state index contributed by atoms with van der Waals surface area (Å²) in [6, 6.07) is 0. The lowest BCUT2D eigenvalue weighted by Gasteiger charge is -2.05. The Bertz CT molecular complexity index is 287. The molecule has 0 saturated heterocycles. The van der Waals surface area contributed by atoms with Crippen LogP contribution in [-0.4, -0.2) is 22.9 Å². The van der Waals surface area contributed by atoms with Gasteiger partial charge in [0.2, 0.25) is 0 Å². The molecule has 0 radical (unpaired) electrons. The van der Waals surface area contributed by atoms with Gasteiger partial charge in [-0.1, -0.05) is 0 Å². The highest BCUT2D eigenvalue weighted by Crippen LogP contribution is 2.16. The normalized spacial score (nSPS) is 12.0. The molecule has 80 valence electrons. The van der Waals surface area contributed by atoms with E-state index in [0.717, 1.165) is 11.3 Å². The second-order valence-corrected chi connectivity index (χ2v) is 3.44. The van der Waals surface area contributed by atoms with Crippen LogP contribution in [0.5, 0.6) is 0 Å². The van der Waals surface area contributed by atoms with Crippen molar-refractivity contribution in [2.75, 3.05) is 6.61 Å². The third-order valence-corrected chi connectivity index (χ3v) is 2.12. The largest absolute Gasteiger partial charge is 0.411 e. The summed E-state index contributed by atoms with van der Waals surface area (Å²) in [7, 11) is 0.